The lowest BCUT2D eigenvalue weighted by molar-refractivity contribution is -0.385. The number of rotatable bonds is 8. The number of aliphatic imine (C=N–C) groups is 1. The number of guanidine groups is 1. The zero-order chi connectivity index (χ0) is 20.6. The lowest BCUT2D eigenvalue weighted by Crippen LogP contribution is -2.41. The predicted octanol–water partition coefficient (Wildman–Crippen LogP) is 1.38. The van der Waals surface area contributed by atoms with Crippen LogP contribution in [0.1, 0.15) is 5.56 Å². The molecule has 0 radical (unpaired) electrons. The second kappa shape index (κ2) is 9.76. The Labute approximate surface area is 161 Å². The second-order valence-electron chi connectivity index (χ2n) is 5.63. The molecule has 0 spiro atoms. The maximum atomic E-state index is 12.9. The quantitative estimate of drug-likeness (QED) is 0.199. The van der Waals surface area contributed by atoms with Crippen molar-refractivity contribution >= 4 is 21.7 Å². The van der Waals surface area contributed by atoms with Gasteiger partial charge in [0.25, 0.3) is 5.69 Å². The molecule has 2 aromatic rings. The molecule has 150 valence electrons. The molecule has 3 N–H and O–H groups in total. The minimum absolute atomic E-state index is 0.0439. The lowest BCUT2D eigenvalue weighted by atomic mass is 10.2. The Bertz CT molecular complexity index is 948. The maximum absolute atomic E-state index is 12.9. The summed E-state index contributed by atoms with van der Waals surface area (Å²) in [5.74, 6) is 0.126. The highest BCUT2D eigenvalue weighted by molar-refractivity contribution is 7.89. The van der Waals surface area contributed by atoms with Crippen LogP contribution in [0.15, 0.2) is 58.4 Å². The van der Waals surface area contributed by atoms with E-state index in [9.17, 15) is 22.9 Å². The Morgan fingerprint density at radius 2 is 1.86 bits per heavy atom. The molecule has 0 atom stereocenters. The van der Waals surface area contributed by atoms with Crippen molar-refractivity contribution in [2.75, 3.05) is 20.1 Å². The van der Waals surface area contributed by atoms with Crippen molar-refractivity contribution in [1.29, 1.82) is 0 Å². The number of sulfonamides is 1. The van der Waals surface area contributed by atoms with E-state index in [0.29, 0.717) is 12.5 Å². The van der Waals surface area contributed by atoms with E-state index in [1.807, 2.05) is 0 Å². The van der Waals surface area contributed by atoms with E-state index in [4.69, 9.17) is 0 Å². The summed E-state index contributed by atoms with van der Waals surface area (Å²) in [6, 6.07) is 10.8. The van der Waals surface area contributed by atoms with E-state index in [1.54, 1.807) is 19.2 Å². The summed E-state index contributed by atoms with van der Waals surface area (Å²) in [7, 11) is -2.31. The zero-order valence-electron chi connectivity index (χ0n) is 15.1. The van der Waals surface area contributed by atoms with Crippen LogP contribution in [0.3, 0.4) is 0 Å². The summed E-state index contributed by atoms with van der Waals surface area (Å²) in [4.78, 5) is 13.9. The minimum atomic E-state index is -3.87. The molecule has 0 aliphatic rings. The molecule has 0 aliphatic carbocycles. The van der Waals surface area contributed by atoms with Crippen molar-refractivity contribution in [2.45, 2.75) is 11.4 Å². The van der Waals surface area contributed by atoms with Crippen LogP contribution in [0, 0.1) is 15.9 Å². The van der Waals surface area contributed by atoms with Crippen LogP contribution in [-0.2, 0) is 16.6 Å². The normalized spacial score (nSPS) is 11.9. The molecule has 0 aliphatic heterocycles. The molecule has 0 saturated carbocycles. The highest BCUT2D eigenvalue weighted by atomic mass is 32.2. The average molecular weight is 409 g/mol. The Morgan fingerprint density at radius 3 is 2.50 bits per heavy atom. The molecule has 0 bridgehead atoms. The molecule has 0 saturated heterocycles. The Balaban J connectivity index is 1.82. The fraction of sp³-hybridized carbons (Fsp3) is 0.235. The summed E-state index contributed by atoms with van der Waals surface area (Å²) < 4.78 is 39.7. The molecule has 2 rings (SSSR count). The second-order valence-corrected chi connectivity index (χ2v) is 7.40. The number of nitrogens with zero attached hydrogens (tertiary/aromatic N) is 2. The summed E-state index contributed by atoms with van der Waals surface area (Å²) in [6.45, 7) is 0.693. The summed E-state index contributed by atoms with van der Waals surface area (Å²) in [5.41, 5.74) is 0.558. The van der Waals surface area contributed by atoms with Crippen LogP contribution >= 0.6 is 0 Å². The van der Waals surface area contributed by atoms with Gasteiger partial charge < -0.3 is 10.6 Å². The van der Waals surface area contributed by atoms with Gasteiger partial charge in [0.2, 0.25) is 10.0 Å². The van der Waals surface area contributed by atoms with E-state index >= 15 is 0 Å². The number of hydrogen-bond acceptors (Lipinski definition) is 5. The van der Waals surface area contributed by atoms with Crippen molar-refractivity contribution < 1.29 is 17.7 Å². The van der Waals surface area contributed by atoms with Gasteiger partial charge in [0.15, 0.2) is 5.96 Å². The Morgan fingerprint density at radius 1 is 1.14 bits per heavy atom. The highest BCUT2D eigenvalue weighted by Crippen LogP contribution is 2.16. The van der Waals surface area contributed by atoms with Gasteiger partial charge in [-0.1, -0.05) is 18.2 Å². The van der Waals surface area contributed by atoms with Gasteiger partial charge in [-0.25, -0.2) is 17.5 Å². The Hall–Kier alpha value is -3.05. The first kappa shape index (κ1) is 21.3. The highest BCUT2D eigenvalue weighted by Gasteiger charge is 2.17. The molecular formula is C17H20FN5O4S. The van der Waals surface area contributed by atoms with E-state index in [2.05, 4.69) is 20.3 Å². The number of non-ortho nitro benzene ring substituents is 1. The van der Waals surface area contributed by atoms with E-state index in [0.717, 1.165) is 11.6 Å². The molecular weight excluding hydrogens is 389 g/mol. The predicted molar refractivity (Wildman–Crippen MR) is 103 cm³/mol. The third kappa shape index (κ3) is 6.28. The lowest BCUT2D eigenvalue weighted by Gasteiger charge is -2.12. The minimum Gasteiger partial charge on any atom is -0.355 e. The van der Waals surface area contributed by atoms with E-state index in [-0.39, 0.29) is 29.5 Å². The smallest absolute Gasteiger partial charge is 0.270 e. The summed E-state index contributed by atoms with van der Waals surface area (Å²) in [5, 5.41) is 16.7. The topological polar surface area (TPSA) is 126 Å². The molecule has 11 heteroatoms. The monoisotopic (exact) mass is 409 g/mol. The van der Waals surface area contributed by atoms with Crippen molar-refractivity contribution in [2.24, 2.45) is 4.99 Å². The van der Waals surface area contributed by atoms with Gasteiger partial charge in [0, 0.05) is 38.8 Å². The van der Waals surface area contributed by atoms with E-state index < -0.39 is 14.9 Å². The molecule has 9 nitrogen and oxygen atoms in total. The number of hydrogen-bond donors (Lipinski definition) is 3. The molecule has 2 aromatic carbocycles. The third-order valence-corrected chi connectivity index (χ3v) is 5.10. The maximum Gasteiger partial charge on any atom is 0.270 e. The van der Waals surface area contributed by atoms with Crippen LogP contribution in [-0.4, -0.2) is 39.4 Å². The fourth-order valence-corrected chi connectivity index (χ4v) is 3.29. The van der Waals surface area contributed by atoms with E-state index in [1.165, 1.54) is 30.3 Å². The van der Waals surface area contributed by atoms with Gasteiger partial charge in [0.05, 0.1) is 9.82 Å². The molecule has 0 unspecified atom stereocenters. The fourth-order valence-electron chi connectivity index (χ4n) is 2.22. The number of nitro benzene ring substituents is 1. The molecule has 0 fully saturated rings. The summed E-state index contributed by atoms with van der Waals surface area (Å²) in [6.07, 6.45) is 0. The number of nitro groups is 1. The average Bonchev–Trinajstić information content (AvgIpc) is 2.68. The van der Waals surface area contributed by atoms with Crippen molar-refractivity contribution in [1.82, 2.24) is 15.4 Å². The number of nitrogens with one attached hydrogen (secondary N) is 3. The van der Waals surface area contributed by atoms with Gasteiger partial charge >= 0.3 is 0 Å². The van der Waals surface area contributed by atoms with Crippen LogP contribution in [0.4, 0.5) is 10.1 Å². The first-order valence-corrected chi connectivity index (χ1v) is 9.73. The van der Waals surface area contributed by atoms with Crippen LogP contribution in [0.2, 0.25) is 0 Å². The number of benzene rings is 2. The van der Waals surface area contributed by atoms with Gasteiger partial charge in [-0.15, -0.1) is 0 Å². The molecule has 0 aromatic heterocycles. The van der Waals surface area contributed by atoms with Gasteiger partial charge in [-0.3, -0.25) is 15.1 Å². The number of halogens is 1. The summed E-state index contributed by atoms with van der Waals surface area (Å²) >= 11 is 0. The van der Waals surface area contributed by atoms with Gasteiger partial charge in [0.1, 0.15) is 5.82 Å². The van der Waals surface area contributed by atoms with Crippen LogP contribution < -0.4 is 15.4 Å². The molecule has 28 heavy (non-hydrogen) atoms. The van der Waals surface area contributed by atoms with Gasteiger partial charge in [-0.05, 0) is 23.8 Å². The SMILES string of the molecule is CN=C(NCCNS(=O)(=O)c1cccc([N+](=O)[O-])c1)NCc1ccc(F)cc1. The first-order chi connectivity index (χ1) is 13.3. The molecule has 0 heterocycles. The Kier molecular flexibility index (Phi) is 7.41. The molecule has 0 amide bonds. The first-order valence-electron chi connectivity index (χ1n) is 8.25. The standard InChI is InChI=1S/C17H20FN5O4S/c1-19-17(21-12-13-5-7-14(18)8-6-13)20-9-10-22-28(26,27)16-4-2-3-15(11-16)23(24)25/h2-8,11,22H,9-10,12H2,1H3,(H2,19,20,21). The van der Waals surface area contributed by atoms with Crippen molar-refractivity contribution in [3.8, 4) is 0 Å². The van der Waals surface area contributed by atoms with Gasteiger partial charge in [-0.2, -0.15) is 0 Å². The van der Waals surface area contributed by atoms with Crippen molar-refractivity contribution in [3.63, 3.8) is 0 Å². The largest absolute Gasteiger partial charge is 0.355 e. The van der Waals surface area contributed by atoms with Crippen LogP contribution in [0.25, 0.3) is 0 Å². The third-order valence-electron chi connectivity index (χ3n) is 3.65. The zero-order valence-corrected chi connectivity index (χ0v) is 15.9. The van der Waals surface area contributed by atoms with Crippen LogP contribution in [0.5, 0.6) is 0 Å². The van der Waals surface area contributed by atoms with Crippen molar-refractivity contribution in [3.05, 3.63) is 70.0 Å².